The molecule has 0 aliphatic carbocycles. The Bertz CT molecular complexity index is 351. The van der Waals surface area contributed by atoms with Crippen molar-refractivity contribution >= 4 is 10.8 Å². The number of furan rings is 1. The zero-order valence-corrected chi connectivity index (χ0v) is 6.16. The van der Waals surface area contributed by atoms with Crippen LogP contribution in [0.3, 0.4) is 0 Å². The summed E-state index contributed by atoms with van der Waals surface area (Å²) in [5.74, 6) is 0.774. The van der Waals surface area contributed by atoms with E-state index in [1.807, 2.05) is 31.2 Å². The van der Waals surface area contributed by atoms with Crippen LogP contribution in [0.2, 0.25) is 0 Å². The highest BCUT2D eigenvalue weighted by molar-refractivity contribution is 5.88. The van der Waals surface area contributed by atoms with Crippen molar-refractivity contribution in [3.63, 3.8) is 0 Å². The van der Waals surface area contributed by atoms with Gasteiger partial charge in [0.2, 0.25) is 0 Å². The van der Waals surface area contributed by atoms with Crippen molar-refractivity contribution in [2.24, 2.45) is 0 Å². The van der Waals surface area contributed by atoms with E-state index in [1.165, 1.54) is 0 Å². The Morgan fingerprint density at radius 2 is 1.82 bits per heavy atom. The smallest absolute Gasteiger partial charge is 0.290 e. The SMILES string of the molecule is Cc1oc(O)c2ccccc12. The molecule has 0 aliphatic rings. The van der Waals surface area contributed by atoms with Gasteiger partial charge in [-0.15, -0.1) is 0 Å². The van der Waals surface area contributed by atoms with Crippen LogP contribution in [0, 0.1) is 6.92 Å². The number of fused-ring (bicyclic) bond motifs is 1. The predicted molar refractivity (Wildman–Crippen MR) is 42.6 cm³/mol. The van der Waals surface area contributed by atoms with Crippen LogP contribution in [0.15, 0.2) is 28.7 Å². The summed E-state index contributed by atoms with van der Waals surface area (Å²) < 4.78 is 5.02. The van der Waals surface area contributed by atoms with E-state index in [0.29, 0.717) is 0 Å². The third kappa shape index (κ3) is 0.792. The summed E-state index contributed by atoms with van der Waals surface area (Å²) in [7, 11) is 0. The van der Waals surface area contributed by atoms with E-state index < -0.39 is 0 Å². The lowest BCUT2D eigenvalue weighted by Crippen LogP contribution is -1.64. The molecule has 2 heteroatoms. The highest BCUT2D eigenvalue weighted by Gasteiger charge is 2.06. The van der Waals surface area contributed by atoms with Gasteiger partial charge in [0.05, 0.1) is 5.39 Å². The van der Waals surface area contributed by atoms with Crippen LogP contribution in [-0.4, -0.2) is 5.11 Å². The van der Waals surface area contributed by atoms with Gasteiger partial charge in [0.25, 0.3) is 5.95 Å². The fourth-order valence-electron chi connectivity index (χ4n) is 1.23. The van der Waals surface area contributed by atoms with E-state index in [-0.39, 0.29) is 5.95 Å². The Morgan fingerprint density at radius 1 is 1.18 bits per heavy atom. The zero-order valence-electron chi connectivity index (χ0n) is 6.16. The van der Waals surface area contributed by atoms with Crippen molar-refractivity contribution in [3.05, 3.63) is 30.0 Å². The summed E-state index contributed by atoms with van der Waals surface area (Å²) in [5, 5.41) is 11.0. The molecule has 1 aromatic heterocycles. The van der Waals surface area contributed by atoms with Crippen LogP contribution >= 0.6 is 0 Å². The molecule has 0 saturated carbocycles. The zero-order chi connectivity index (χ0) is 7.84. The van der Waals surface area contributed by atoms with E-state index in [2.05, 4.69) is 0 Å². The van der Waals surface area contributed by atoms with Crippen molar-refractivity contribution < 1.29 is 9.52 Å². The van der Waals surface area contributed by atoms with Gasteiger partial charge in [-0.3, -0.25) is 0 Å². The largest absolute Gasteiger partial charge is 0.480 e. The second kappa shape index (κ2) is 2.02. The molecule has 0 spiro atoms. The van der Waals surface area contributed by atoms with Crippen molar-refractivity contribution in [2.75, 3.05) is 0 Å². The minimum atomic E-state index is 0.0121. The van der Waals surface area contributed by atoms with Gasteiger partial charge in [-0.1, -0.05) is 18.2 Å². The maximum absolute atomic E-state index is 9.23. The van der Waals surface area contributed by atoms with Crippen LogP contribution in [0.1, 0.15) is 5.76 Å². The normalized spacial score (nSPS) is 10.6. The third-order valence-electron chi connectivity index (χ3n) is 1.79. The summed E-state index contributed by atoms with van der Waals surface area (Å²) in [5.41, 5.74) is 0. The van der Waals surface area contributed by atoms with Gasteiger partial charge >= 0.3 is 0 Å². The van der Waals surface area contributed by atoms with Gasteiger partial charge in [-0.05, 0) is 13.0 Å². The minimum Gasteiger partial charge on any atom is -0.480 e. The molecule has 11 heavy (non-hydrogen) atoms. The van der Waals surface area contributed by atoms with E-state index >= 15 is 0 Å². The average molecular weight is 148 g/mol. The number of hydrogen-bond donors (Lipinski definition) is 1. The fourth-order valence-corrected chi connectivity index (χ4v) is 1.23. The molecule has 2 rings (SSSR count). The van der Waals surface area contributed by atoms with Crippen molar-refractivity contribution in [3.8, 4) is 5.95 Å². The Hall–Kier alpha value is -1.44. The fraction of sp³-hybridized carbons (Fsp3) is 0.111. The Labute approximate surface area is 64.1 Å². The van der Waals surface area contributed by atoms with Crippen molar-refractivity contribution in [2.45, 2.75) is 6.92 Å². The van der Waals surface area contributed by atoms with Crippen molar-refractivity contribution in [1.82, 2.24) is 0 Å². The lowest BCUT2D eigenvalue weighted by Gasteiger charge is -1.84. The highest BCUT2D eigenvalue weighted by atomic mass is 16.5. The topological polar surface area (TPSA) is 33.4 Å². The molecule has 0 atom stereocenters. The molecule has 1 heterocycles. The molecule has 0 aliphatic heterocycles. The van der Waals surface area contributed by atoms with Gasteiger partial charge in [0, 0.05) is 5.39 Å². The molecule has 56 valence electrons. The number of aromatic hydroxyl groups is 1. The first-order valence-corrected chi connectivity index (χ1v) is 3.46. The first-order chi connectivity index (χ1) is 5.29. The highest BCUT2D eigenvalue weighted by Crippen LogP contribution is 2.29. The third-order valence-corrected chi connectivity index (χ3v) is 1.79. The lowest BCUT2D eigenvalue weighted by molar-refractivity contribution is 0.329. The molecule has 0 unspecified atom stereocenters. The molecule has 1 aromatic carbocycles. The van der Waals surface area contributed by atoms with Gasteiger partial charge in [0.1, 0.15) is 5.76 Å². The van der Waals surface area contributed by atoms with Crippen LogP contribution in [0.5, 0.6) is 5.95 Å². The van der Waals surface area contributed by atoms with Gasteiger partial charge in [-0.2, -0.15) is 0 Å². The number of aryl methyl sites for hydroxylation is 1. The van der Waals surface area contributed by atoms with Gasteiger partial charge in [-0.25, -0.2) is 0 Å². The molecule has 1 N–H and O–H groups in total. The van der Waals surface area contributed by atoms with Crippen LogP contribution in [-0.2, 0) is 0 Å². The number of rotatable bonds is 0. The second-order valence-electron chi connectivity index (χ2n) is 2.51. The Morgan fingerprint density at radius 3 is 2.45 bits per heavy atom. The molecular formula is C9H8O2. The van der Waals surface area contributed by atoms with E-state index in [4.69, 9.17) is 4.42 Å². The van der Waals surface area contributed by atoms with Crippen LogP contribution in [0.4, 0.5) is 0 Å². The van der Waals surface area contributed by atoms with Gasteiger partial charge < -0.3 is 9.52 Å². The molecule has 0 amide bonds. The summed E-state index contributed by atoms with van der Waals surface area (Å²) in [6.45, 7) is 1.84. The van der Waals surface area contributed by atoms with E-state index in [0.717, 1.165) is 16.5 Å². The van der Waals surface area contributed by atoms with E-state index in [1.54, 1.807) is 0 Å². The monoisotopic (exact) mass is 148 g/mol. The van der Waals surface area contributed by atoms with Crippen molar-refractivity contribution in [1.29, 1.82) is 0 Å². The Balaban J connectivity index is 2.95. The maximum Gasteiger partial charge on any atom is 0.290 e. The second-order valence-corrected chi connectivity index (χ2v) is 2.51. The quantitative estimate of drug-likeness (QED) is 0.622. The summed E-state index contributed by atoms with van der Waals surface area (Å²) in [6, 6.07) is 7.55. The molecule has 0 saturated heterocycles. The lowest BCUT2D eigenvalue weighted by atomic mass is 10.2. The predicted octanol–water partition coefficient (Wildman–Crippen LogP) is 2.45. The van der Waals surface area contributed by atoms with Crippen LogP contribution < -0.4 is 0 Å². The summed E-state index contributed by atoms with van der Waals surface area (Å²) in [4.78, 5) is 0. The molecule has 2 nitrogen and oxygen atoms in total. The summed E-state index contributed by atoms with van der Waals surface area (Å²) >= 11 is 0. The van der Waals surface area contributed by atoms with Gasteiger partial charge in [0.15, 0.2) is 0 Å². The summed E-state index contributed by atoms with van der Waals surface area (Å²) in [6.07, 6.45) is 0. The molecule has 0 bridgehead atoms. The Kier molecular flexibility index (Phi) is 1.15. The maximum atomic E-state index is 9.23. The molecule has 2 aromatic rings. The standard InChI is InChI=1S/C9H8O2/c1-6-7-4-2-3-5-8(7)9(10)11-6/h2-5,10H,1H3. The molecule has 0 fully saturated rings. The minimum absolute atomic E-state index is 0.0121. The molecule has 0 radical (unpaired) electrons. The number of benzene rings is 1. The number of hydrogen-bond acceptors (Lipinski definition) is 2. The first kappa shape index (κ1) is 6.28. The molecular weight excluding hydrogens is 140 g/mol. The average Bonchev–Trinajstić information content (AvgIpc) is 2.30. The van der Waals surface area contributed by atoms with Crippen LogP contribution in [0.25, 0.3) is 10.8 Å². The first-order valence-electron chi connectivity index (χ1n) is 3.46. The van der Waals surface area contributed by atoms with E-state index in [9.17, 15) is 5.11 Å².